The highest BCUT2D eigenvalue weighted by atomic mass is 35.5. The van der Waals surface area contributed by atoms with Crippen LogP contribution in [0.1, 0.15) is 4.88 Å². The zero-order chi connectivity index (χ0) is 15.0. The van der Waals surface area contributed by atoms with Gasteiger partial charge in [-0.3, -0.25) is 10.1 Å². The molecule has 0 fully saturated rings. The number of amides is 3. The lowest BCUT2D eigenvalue weighted by Gasteiger charge is -2.06. The molecule has 7 nitrogen and oxygen atoms in total. The van der Waals surface area contributed by atoms with Gasteiger partial charge in [0.05, 0.1) is 4.34 Å². The van der Waals surface area contributed by atoms with Gasteiger partial charge in [0, 0.05) is 11.4 Å². The molecule has 0 atom stereocenters. The lowest BCUT2D eigenvalue weighted by atomic mass is 10.3. The second-order valence-electron chi connectivity index (χ2n) is 3.65. The van der Waals surface area contributed by atoms with Crippen LogP contribution in [0.3, 0.4) is 0 Å². The Morgan fingerprint density at radius 3 is 2.65 bits per heavy atom. The molecule has 1 aromatic rings. The summed E-state index contributed by atoms with van der Waals surface area (Å²) in [6.45, 7) is -0.722. The van der Waals surface area contributed by atoms with E-state index in [4.69, 9.17) is 16.7 Å². The van der Waals surface area contributed by atoms with Crippen molar-refractivity contribution in [3.63, 3.8) is 0 Å². The van der Waals surface area contributed by atoms with Crippen molar-refractivity contribution in [2.75, 3.05) is 19.8 Å². The lowest BCUT2D eigenvalue weighted by Crippen LogP contribution is -2.42. The van der Waals surface area contributed by atoms with E-state index in [0.29, 0.717) is 17.3 Å². The molecule has 3 amide bonds. The molecule has 0 unspecified atom stereocenters. The molecule has 110 valence electrons. The third-order valence-electron chi connectivity index (χ3n) is 2.00. The number of ether oxygens (including phenoxy) is 1. The van der Waals surface area contributed by atoms with Crippen LogP contribution in [0.15, 0.2) is 12.1 Å². The van der Waals surface area contributed by atoms with E-state index in [1.807, 2.05) is 11.4 Å². The highest BCUT2D eigenvalue weighted by Crippen LogP contribution is 2.21. The number of carboxylic acid groups (broad SMARTS) is 1. The van der Waals surface area contributed by atoms with Crippen molar-refractivity contribution >= 4 is 40.8 Å². The molecule has 0 radical (unpaired) electrons. The number of carboxylic acids is 1. The van der Waals surface area contributed by atoms with Crippen molar-refractivity contribution in [1.82, 2.24) is 10.6 Å². The van der Waals surface area contributed by atoms with Crippen molar-refractivity contribution in [1.29, 1.82) is 0 Å². The number of carbonyl (C=O) groups excluding carboxylic acids is 2. The zero-order valence-electron chi connectivity index (χ0n) is 10.3. The number of rotatable bonds is 7. The van der Waals surface area contributed by atoms with E-state index < -0.39 is 31.1 Å². The number of hydrogen-bond acceptors (Lipinski definition) is 5. The van der Waals surface area contributed by atoms with Crippen LogP contribution < -0.4 is 10.6 Å². The number of halogens is 1. The van der Waals surface area contributed by atoms with Gasteiger partial charge < -0.3 is 15.2 Å². The first kappa shape index (κ1) is 16.4. The number of thiophene rings is 1. The number of carbonyl (C=O) groups is 3. The molecule has 0 aliphatic rings. The average Bonchev–Trinajstić information content (AvgIpc) is 2.74. The SMILES string of the molecule is O=C(O)COCC(=O)NC(=O)NCCc1ccc(Cl)s1. The molecule has 0 bridgehead atoms. The van der Waals surface area contributed by atoms with E-state index in [0.717, 1.165) is 4.88 Å². The fraction of sp³-hybridized carbons (Fsp3) is 0.364. The smallest absolute Gasteiger partial charge is 0.329 e. The minimum atomic E-state index is -1.18. The topological polar surface area (TPSA) is 105 Å². The van der Waals surface area contributed by atoms with Gasteiger partial charge >= 0.3 is 12.0 Å². The zero-order valence-corrected chi connectivity index (χ0v) is 11.9. The maximum absolute atomic E-state index is 11.3. The molecule has 3 N–H and O–H groups in total. The van der Waals surface area contributed by atoms with Gasteiger partial charge in [0.25, 0.3) is 5.91 Å². The molecule has 0 saturated heterocycles. The van der Waals surface area contributed by atoms with E-state index in [-0.39, 0.29) is 0 Å². The van der Waals surface area contributed by atoms with Crippen LogP contribution in [0.5, 0.6) is 0 Å². The van der Waals surface area contributed by atoms with Crippen molar-refractivity contribution in [3.8, 4) is 0 Å². The van der Waals surface area contributed by atoms with Crippen LogP contribution in [0, 0.1) is 0 Å². The van der Waals surface area contributed by atoms with Gasteiger partial charge in [-0.25, -0.2) is 9.59 Å². The van der Waals surface area contributed by atoms with E-state index >= 15 is 0 Å². The summed E-state index contributed by atoms with van der Waals surface area (Å²) < 4.78 is 5.21. The summed E-state index contributed by atoms with van der Waals surface area (Å²) in [5, 5.41) is 12.8. The van der Waals surface area contributed by atoms with E-state index in [1.165, 1.54) is 11.3 Å². The number of nitrogens with one attached hydrogen (secondary N) is 2. The molecule has 1 aromatic heterocycles. The van der Waals surface area contributed by atoms with Gasteiger partial charge in [0.1, 0.15) is 13.2 Å². The summed E-state index contributed by atoms with van der Waals surface area (Å²) in [6.07, 6.45) is 0.606. The first-order valence-corrected chi connectivity index (χ1v) is 6.78. The Hall–Kier alpha value is -1.64. The summed E-state index contributed by atoms with van der Waals surface area (Å²) in [7, 11) is 0. The predicted octanol–water partition coefficient (Wildman–Crippen LogP) is 0.871. The van der Waals surface area contributed by atoms with E-state index in [1.54, 1.807) is 6.07 Å². The number of aliphatic carboxylic acids is 1. The second kappa shape index (κ2) is 8.51. The van der Waals surface area contributed by atoms with Crippen LogP contribution in [-0.2, 0) is 20.7 Å². The molecule has 0 aliphatic heterocycles. The fourth-order valence-electron chi connectivity index (χ4n) is 1.22. The maximum Gasteiger partial charge on any atom is 0.329 e. The predicted molar refractivity (Wildman–Crippen MR) is 73.0 cm³/mol. The first-order chi connectivity index (χ1) is 9.47. The maximum atomic E-state index is 11.3. The molecule has 1 rings (SSSR count). The molecule has 0 spiro atoms. The largest absolute Gasteiger partial charge is 0.480 e. The first-order valence-electron chi connectivity index (χ1n) is 5.59. The molecular weight excluding hydrogens is 308 g/mol. The Kier molecular flexibility index (Phi) is 6.99. The minimum absolute atomic E-state index is 0.353. The average molecular weight is 321 g/mol. The van der Waals surface area contributed by atoms with E-state index in [2.05, 4.69) is 10.1 Å². The fourth-order valence-corrected chi connectivity index (χ4v) is 2.31. The van der Waals surface area contributed by atoms with Crippen molar-refractivity contribution < 1.29 is 24.2 Å². The molecule has 0 aromatic carbocycles. The third kappa shape index (κ3) is 7.07. The third-order valence-corrected chi connectivity index (χ3v) is 3.29. The summed E-state index contributed by atoms with van der Waals surface area (Å²) in [6, 6.07) is 2.97. The second-order valence-corrected chi connectivity index (χ2v) is 5.45. The molecule has 20 heavy (non-hydrogen) atoms. The highest BCUT2D eigenvalue weighted by molar-refractivity contribution is 7.16. The minimum Gasteiger partial charge on any atom is -0.480 e. The van der Waals surface area contributed by atoms with Crippen molar-refractivity contribution in [2.45, 2.75) is 6.42 Å². The van der Waals surface area contributed by atoms with Crippen LogP contribution in [0.2, 0.25) is 4.34 Å². The van der Waals surface area contributed by atoms with Gasteiger partial charge in [-0.1, -0.05) is 11.6 Å². The van der Waals surface area contributed by atoms with Gasteiger partial charge in [-0.05, 0) is 18.6 Å². The quantitative estimate of drug-likeness (QED) is 0.691. The number of imide groups is 1. The van der Waals surface area contributed by atoms with Gasteiger partial charge in [0.2, 0.25) is 0 Å². The van der Waals surface area contributed by atoms with Gasteiger partial charge in [-0.15, -0.1) is 11.3 Å². The molecule has 1 heterocycles. The van der Waals surface area contributed by atoms with Crippen molar-refractivity contribution in [2.24, 2.45) is 0 Å². The van der Waals surface area contributed by atoms with Crippen LogP contribution in [0.25, 0.3) is 0 Å². The summed E-state index contributed by atoms with van der Waals surface area (Å²) in [5.41, 5.74) is 0. The Labute approximate surface area is 123 Å². The summed E-state index contributed by atoms with van der Waals surface area (Å²) in [5.74, 6) is -1.89. The van der Waals surface area contributed by atoms with Crippen LogP contribution >= 0.6 is 22.9 Å². The summed E-state index contributed by atoms with van der Waals surface area (Å²) >= 11 is 7.18. The van der Waals surface area contributed by atoms with Gasteiger partial charge in [-0.2, -0.15) is 0 Å². The Morgan fingerprint density at radius 2 is 2.05 bits per heavy atom. The number of hydrogen-bond donors (Lipinski definition) is 3. The standard InChI is InChI=1S/C11H13ClN2O5S/c12-8-2-1-7(20-8)3-4-13-11(18)14-9(15)5-19-6-10(16)17/h1-2H,3-6H2,(H,16,17)(H2,13,14,15,18). The monoisotopic (exact) mass is 320 g/mol. The normalized spacial score (nSPS) is 10.1. The van der Waals surface area contributed by atoms with Crippen molar-refractivity contribution in [3.05, 3.63) is 21.3 Å². The molecule has 9 heteroatoms. The Balaban J connectivity index is 2.13. The van der Waals surface area contributed by atoms with Gasteiger partial charge in [0.15, 0.2) is 0 Å². The lowest BCUT2D eigenvalue weighted by molar-refractivity contribution is -0.143. The molecular formula is C11H13ClN2O5S. The molecule has 0 saturated carbocycles. The Bertz CT molecular complexity index is 491. The molecule has 0 aliphatic carbocycles. The Morgan fingerprint density at radius 1 is 1.30 bits per heavy atom. The van der Waals surface area contributed by atoms with Crippen LogP contribution in [-0.4, -0.2) is 42.8 Å². The van der Waals surface area contributed by atoms with Crippen LogP contribution in [0.4, 0.5) is 4.79 Å². The highest BCUT2D eigenvalue weighted by Gasteiger charge is 2.08. The summed E-state index contributed by atoms with van der Waals surface area (Å²) in [4.78, 5) is 33.6. The van der Waals surface area contributed by atoms with E-state index in [9.17, 15) is 14.4 Å². The number of urea groups is 1.